The first-order chi connectivity index (χ1) is 9.32. The molecule has 0 aliphatic carbocycles. The van der Waals surface area contributed by atoms with Gasteiger partial charge in [0.05, 0.1) is 0 Å². The van der Waals surface area contributed by atoms with Crippen molar-refractivity contribution in [2.75, 3.05) is 31.9 Å². The lowest BCUT2D eigenvalue weighted by Gasteiger charge is -2.32. The van der Waals surface area contributed by atoms with Crippen molar-refractivity contribution in [3.8, 4) is 0 Å². The molecule has 2 heterocycles. The van der Waals surface area contributed by atoms with Crippen LogP contribution in [0.15, 0.2) is 21.6 Å². The van der Waals surface area contributed by atoms with E-state index in [9.17, 15) is 13.2 Å². The largest absolute Gasteiger partial charge is 0.465 e. The number of halogens is 1. The van der Waals surface area contributed by atoms with Crippen LogP contribution in [0.1, 0.15) is 0 Å². The van der Waals surface area contributed by atoms with Gasteiger partial charge in [-0.3, -0.25) is 0 Å². The van der Waals surface area contributed by atoms with E-state index < -0.39 is 16.1 Å². The molecular weight excluding hydrogens is 352 g/mol. The second-order valence-electron chi connectivity index (χ2n) is 4.21. The maximum atomic E-state index is 12.5. The van der Waals surface area contributed by atoms with Gasteiger partial charge in [0.1, 0.15) is 10.7 Å². The second-order valence-corrected chi connectivity index (χ2v) is 7.03. The number of hydrogen-bond donors (Lipinski definition) is 2. The number of sulfonamides is 1. The zero-order chi connectivity index (χ0) is 14.9. The maximum Gasteiger partial charge on any atom is 0.407 e. The number of nitrogen functional groups attached to an aromatic ring is 1. The van der Waals surface area contributed by atoms with Crippen molar-refractivity contribution in [1.82, 2.24) is 14.2 Å². The van der Waals surface area contributed by atoms with Crippen molar-refractivity contribution in [2.24, 2.45) is 0 Å². The first-order valence-corrected chi connectivity index (χ1v) is 7.94. The fraction of sp³-hybridized carbons (Fsp3) is 0.400. The third-order valence-electron chi connectivity index (χ3n) is 2.98. The number of nitrogens with two attached hydrogens (primary N) is 1. The highest BCUT2D eigenvalue weighted by Crippen LogP contribution is 2.24. The van der Waals surface area contributed by atoms with Gasteiger partial charge in [0.25, 0.3) is 0 Å². The summed E-state index contributed by atoms with van der Waals surface area (Å²) < 4.78 is 26.6. The molecule has 0 atom stereocenters. The van der Waals surface area contributed by atoms with Crippen molar-refractivity contribution in [2.45, 2.75) is 4.90 Å². The molecule has 1 amide bonds. The number of rotatable bonds is 2. The predicted octanol–water partition coefficient (Wildman–Crippen LogP) is 0.411. The van der Waals surface area contributed by atoms with Gasteiger partial charge in [0.15, 0.2) is 0 Å². The molecule has 20 heavy (non-hydrogen) atoms. The van der Waals surface area contributed by atoms with Crippen LogP contribution in [0.4, 0.5) is 10.6 Å². The third kappa shape index (κ3) is 2.86. The molecule has 1 saturated heterocycles. The number of aromatic nitrogens is 1. The van der Waals surface area contributed by atoms with E-state index in [0.717, 1.165) is 0 Å². The number of pyridine rings is 1. The smallest absolute Gasteiger partial charge is 0.407 e. The van der Waals surface area contributed by atoms with Crippen LogP contribution in [0.2, 0.25) is 0 Å². The fourth-order valence-electron chi connectivity index (χ4n) is 1.90. The highest BCUT2D eigenvalue weighted by molar-refractivity contribution is 9.10. The minimum Gasteiger partial charge on any atom is -0.465 e. The van der Waals surface area contributed by atoms with E-state index in [1.807, 2.05) is 0 Å². The van der Waals surface area contributed by atoms with Crippen LogP contribution < -0.4 is 5.73 Å². The number of nitrogens with zero attached hydrogens (tertiary/aromatic N) is 3. The quantitative estimate of drug-likeness (QED) is 0.784. The van der Waals surface area contributed by atoms with E-state index in [2.05, 4.69) is 20.9 Å². The third-order valence-corrected chi connectivity index (χ3v) is 5.34. The van der Waals surface area contributed by atoms with Crippen LogP contribution in [0.3, 0.4) is 0 Å². The van der Waals surface area contributed by atoms with Gasteiger partial charge in [-0.05, 0) is 22.0 Å². The molecule has 0 radical (unpaired) electrons. The average Bonchev–Trinajstić information content (AvgIpc) is 2.41. The SMILES string of the molecule is Nc1ncc(Br)cc1S(=O)(=O)N1CCN(C(=O)O)CC1. The Morgan fingerprint density at radius 2 is 1.95 bits per heavy atom. The maximum absolute atomic E-state index is 12.5. The minimum atomic E-state index is -3.77. The van der Waals surface area contributed by atoms with E-state index in [1.54, 1.807) is 0 Å². The van der Waals surface area contributed by atoms with Crippen LogP contribution in [0.5, 0.6) is 0 Å². The zero-order valence-corrected chi connectivity index (χ0v) is 12.8. The molecule has 1 aliphatic rings. The number of piperazine rings is 1. The molecular formula is C10H13BrN4O4S. The Morgan fingerprint density at radius 1 is 1.35 bits per heavy atom. The Balaban J connectivity index is 2.24. The molecule has 0 unspecified atom stereocenters. The number of hydrogen-bond acceptors (Lipinski definition) is 5. The second kappa shape index (κ2) is 5.54. The highest BCUT2D eigenvalue weighted by atomic mass is 79.9. The van der Waals surface area contributed by atoms with Crippen molar-refractivity contribution in [3.63, 3.8) is 0 Å². The van der Waals surface area contributed by atoms with Crippen LogP contribution in [-0.2, 0) is 10.0 Å². The summed E-state index contributed by atoms with van der Waals surface area (Å²) in [5.41, 5.74) is 5.62. The summed E-state index contributed by atoms with van der Waals surface area (Å²) in [7, 11) is -3.77. The number of amides is 1. The summed E-state index contributed by atoms with van der Waals surface area (Å²) in [5, 5.41) is 8.85. The first-order valence-electron chi connectivity index (χ1n) is 5.71. The van der Waals surface area contributed by atoms with E-state index in [1.165, 1.54) is 21.5 Å². The highest BCUT2D eigenvalue weighted by Gasteiger charge is 2.31. The molecule has 3 N–H and O–H groups in total. The summed E-state index contributed by atoms with van der Waals surface area (Å²) >= 11 is 3.15. The van der Waals surface area contributed by atoms with E-state index in [-0.39, 0.29) is 36.9 Å². The summed E-state index contributed by atoms with van der Waals surface area (Å²) in [4.78, 5) is 15.7. The molecule has 1 fully saturated rings. The summed E-state index contributed by atoms with van der Waals surface area (Å²) in [6.07, 6.45) is 0.363. The minimum absolute atomic E-state index is 0.0735. The van der Waals surface area contributed by atoms with E-state index >= 15 is 0 Å². The van der Waals surface area contributed by atoms with Crippen molar-refractivity contribution >= 4 is 37.9 Å². The lowest BCUT2D eigenvalue weighted by molar-refractivity contribution is 0.126. The Labute approximate surface area is 124 Å². The van der Waals surface area contributed by atoms with Gasteiger partial charge in [0, 0.05) is 36.8 Å². The van der Waals surface area contributed by atoms with Crippen LogP contribution in [0.25, 0.3) is 0 Å². The first kappa shape index (κ1) is 15.0. The van der Waals surface area contributed by atoms with Gasteiger partial charge in [-0.25, -0.2) is 18.2 Å². The summed E-state index contributed by atoms with van der Waals surface area (Å²) in [6, 6.07) is 1.39. The molecule has 0 spiro atoms. The fourth-order valence-corrected chi connectivity index (χ4v) is 3.89. The number of anilines is 1. The standard InChI is InChI=1S/C10H13BrN4O4S/c11-7-5-8(9(12)13-6-7)20(18,19)15-3-1-14(2-4-15)10(16)17/h5-6H,1-4H2,(H2,12,13)(H,16,17). The molecule has 10 heteroatoms. The van der Waals surface area contributed by atoms with Crippen LogP contribution in [-0.4, -0.2) is 60.0 Å². The monoisotopic (exact) mass is 364 g/mol. The van der Waals surface area contributed by atoms with Crippen LogP contribution in [0, 0.1) is 0 Å². The van der Waals surface area contributed by atoms with Crippen LogP contribution >= 0.6 is 15.9 Å². The Morgan fingerprint density at radius 3 is 2.50 bits per heavy atom. The molecule has 1 aromatic heterocycles. The topological polar surface area (TPSA) is 117 Å². The normalized spacial score (nSPS) is 17.1. The average molecular weight is 365 g/mol. The van der Waals surface area contributed by atoms with Gasteiger partial charge in [-0.15, -0.1) is 0 Å². The zero-order valence-electron chi connectivity index (χ0n) is 10.4. The Hall–Kier alpha value is -1.39. The van der Waals surface area contributed by atoms with Gasteiger partial charge in [-0.1, -0.05) is 0 Å². The lowest BCUT2D eigenvalue weighted by atomic mass is 10.4. The lowest BCUT2D eigenvalue weighted by Crippen LogP contribution is -2.50. The molecule has 110 valence electrons. The molecule has 0 bridgehead atoms. The molecule has 1 aromatic rings. The summed E-state index contributed by atoms with van der Waals surface area (Å²) in [5.74, 6) is -0.0751. The Kier molecular flexibility index (Phi) is 4.16. The van der Waals surface area contributed by atoms with Gasteiger partial charge >= 0.3 is 6.09 Å². The van der Waals surface area contributed by atoms with Gasteiger partial charge in [0.2, 0.25) is 10.0 Å². The Bertz CT molecular complexity index is 628. The van der Waals surface area contributed by atoms with E-state index in [0.29, 0.717) is 4.47 Å². The van der Waals surface area contributed by atoms with Gasteiger partial charge < -0.3 is 15.7 Å². The van der Waals surface area contributed by atoms with Crippen molar-refractivity contribution in [1.29, 1.82) is 0 Å². The molecule has 1 aliphatic heterocycles. The number of carbonyl (C=O) groups is 1. The van der Waals surface area contributed by atoms with Crippen molar-refractivity contribution < 1.29 is 18.3 Å². The van der Waals surface area contributed by atoms with Gasteiger partial charge in [-0.2, -0.15) is 4.31 Å². The predicted molar refractivity (Wildman–Crippen MR) is 74.7 cm³/mol. The summed E-state index contributed by atoms with van der Waals surface area (Å²) in [6.45, 7) is 0.465. The molecule has 2 rings (SSSR count). The molecule has 8 nitrogen and oxygen atoms in total. The number of carboxylic acid groups (broad SMARTS) is 1. The molecule has 0 saturated carbocycles. The molecule has 0 aromatic carbocycles. The van der Waals surface area contributed by atoms with E-state index in [4.69, 9.17) is 10.8 Å². The van der Waals surface area contributed by atoms with Crippen molar-refractivity contribution in [3.05, 3.63) is 16.7 Å².